The third-order valence-corrected chi connectivity index (χ3v) is 4.70. The van der Waals surface area contributed by atoms with Gasteiger partial charge in [0.05, 0.1) is 5.69 Å². The summed E-state index contributed by atoms with van der Waals surface area (Å²) in [4.78, 5) is 14.5. The number of anilines is 2. The van der Waals surface area contributed by atoms with Crippen molar-refractivity contribution in [1.29, 1.82) is 0 Å². The molecule has 1 heterocycles. The first kappa shape index (κ1) is 15.9. The zero-order valence-corrected chi connectivity index (χ0v) is 14.6. The number of nitrogens with zero attached hydrogens (tertiary/aromatic N) is 1. The molecule has 2 amide bonds. The molecule has 1 aliphatic heterocycles. The average molecular weight is 374 g/mol. The van der Waals surface area contributed by atoms with Crippen LogP contribution < -0.4 is 15.5 Å². The summed E-state index contributed by atoms with van der Waals surface area (Å²) in [6.07, 6.45) is 0.956. The number of aryl methyl sites for hydroxylation is 1. The van der Waals surface area contributed by atoms with Crippen LogP contribution in [0.1, 0.15) is 12.0 Å². The summed E-state index contributed by atoms with van der Waals surface area (Å²) in [5, 5.41) is 5.94. The van der Waals surface area contributed by atoms with Crippen molar-refractivity contribution < 1.29 is 4.79 Å². The molecule has 0 radical (unpaired) electrons. The lowest BCUT2D eigenvalue weighted by molar-refractivity contribution is 0.249. The molecule has 0 aromatic heterocycles. The highest BCUT2D eigenvalue weighted by Crippen LogP contribution is 2.23. The van der Waals surface area contributed by atoms with E-state index in [-0.39, 0.29) is 12.1 Å². The first-order valence-electron chi connectivity index (χ1n) is 7.75. The number of carbonyl (C=O) groups is 1. The summed E-state index contributed by atoms with van der Waals surface area (Å²) in [6.45, 7) is 3.90. The molecule has 2 aromatic carbocycles. The van der Waals surface area contributed by atoms with E-state index in [1.54, 1.807) is 0 Å². The Kier molecular flexibility index (Phi) is 4.86. The Morgan fingerprint density at radius 3 is 2.83 bits per heavy atom. The number of benzene rings is 2. The summed E-state index contributed by atoms with van der Waals surface area (Å²) in [5.74, 6) is 0. The van der Waals surface area contributed by atoms with E-state index in [0.29, 0.717) is 0 Å². The van der Waals surface area contributed by atoms with Gasteiger partial charge in [-0.05, 0) is 59.1 Å². The smallest absolute Gasteiger partial charge is 0.319 e. The second-order valence-corrected chi connectivity index (χ2v) is 6.70. The van der Waals surface area contributed by atoms with Crippen LogP contribution >= 0.6 is 15.9 Å². The molecule has 0 unspecified atom stereocenters. The summed E-state index contributed by atoms with van der Waals surface area (Å²) < 4.78 is 0.878. The van der Waals surface area contributed by atoms with E-state index in [2.05, 4.69) is 62.7 Å². The van der Waals surface area contributed by atoms with Crippen molar-refractivity contribution in [3.63, 3.8) is 0 Å². The highest BCUT2D eigenvalue weighted by atomic mass is 79.9. The van der Waals surface area contributed by atoms with E-state index in [4.69, 9.17) is 0 Å². The van der Waals surface area contributed by atoms with E-state index >= 15 is 0 Å². The molecule has 0 aliphatic carbocycles. The standard InChI is InChI=1S/C18H20BrN3O/c1-13-5-4-6-15(11-13)22-10-9-14(12-22)20-18(23)21-17-8-3-2-7-16(17)19/h2-8,11,14H,9-10,12H2,1H3,(H2,20,21,23)/t14-/m1/s1. The third-order valence-electron chi connectivity index (χ3n) is 4.01. The minimum Gasteiger partial charge on any atom is -0.369 e. The lowest BCUT2D eigenvalue weighted by atomic mass is 10.2. The van der Waals surface area contributed by atoms with E-state index in [1.807, 2.05) is 24.3 Å². The minimum atomic E-state index is -0.159. The van der Waals surface area contributed by atoms with Gasteiger partial charge < -0.3 is 15.5 Å². The minimum absolute atomic E-state index is 0.159. The van der Waals surface area contributed by atoms with Crippen LogP contribution in [-0.4, -0.2) is 25.2 Å². The fourth-order valence-corrected chi connectivity index (χ4v) is 3.23. The van der Waals surface area contributed by atoms with Gasteiger partial charge in [-0.15, -0.1) is 0 Å². The molecule has 4 nitrogen and oxygen atoms in total. The maximum atomic E-state index is 12.2. The number of para-hydroxylation sites is 1. The van der Waals surface area contributed by atoms with Crippen molar-refractivity contribution in [2.75, 3.05) is 23.3 Å². The number of halogens is 1. The third kappa shape index (κ3) is 4.05. The first-order valence-corrected chi connectivity index (χ1v) is 8.55. The van der Waals surface area contributed by atoms with Gasteiger partial charge in [-0.3, -0.25) is 0 Å². The normalized spacial score (nSPS) is 17.1. The van der Waals surface area contributed by atoms with Gasteiger partial charge in [0.15, 0.2) is 0 Å². The first-order chi connectivity index (χ1) is 11.1. The Labute approximate surface area is 145 Å². The second kappa shape index (κ2) is 7.04. The molecule has 5 heteroatoms. The zero-order chi connectivity index (χ0) is 16.2. The number of carbonyl (C=O) groups excluding carboxylic acids is 1. The number of rotatable bonds is 3. The van der Waals surface area contributed by atoms with Crippen molar-refractivity contribution in [2.45, 2.75) is 19.4 Å². The predicted molar refractivity (Wildman–Crippen MR) is 98.1 cm³/mol. The van der Waals surface area contributed by atoms with Crippen molar-refractivity contribution in [2.24, 2.45) is 0 Å². The van der Waals surface area contributed by atoms with Gasteiger partial charge in [-0.25, -0.2) is 4.79 Å². The van der Waals surface area contributed by atoms with Gasteiger partial charge in [-0.2, -0.15) is 0 Å². The summed E-state index contributed by atoms with van der Waals surface area (Å²) in [7, 11) is 0. The molecule has 1 atom stereocenters. The Balaban J connectivity index is 1.55. The molecular weight excluding hydrogens is 354 g/mol. The monoisotopic (exact) mass is 373 g/mol. The average Bonchev–Trinajstić information content (AvgIpc) is 2.98. The lowest BCUT2D eigenvalue weighted by Gasteiger charge is -2.19. The van der Waals surface area contributed by atoms with Gasteiger partial charge in [0.2, 0.25) is 0 Å². The lowest BCUT2D eigenvalue weighted by Crippen LogP contribution is -2.39. The molecule has 0 saturated carbocycles. The predicted octanol–water partition coefficient (Wildman–Crippen LogP) is 4.16. The van der Waals surface area contributed by atoms with Gasteiger partial charge in [-0.1, -0.05) is 24.3 Å². The van der Waals surface area contributed by atoms with Crippen LogP contribution in [0.4, 0.5) is 16.2 Å². The Hall–Kier alpha value is -2.01. The Bertz CT molecular complexity index is 704. The van der Waals surface area contributed by atoms with Crippen LogP contribution in [0.25, 0.3) is 0 Å². The topological polar surface area (TPSA) is 44.4 Å². The second-order valence-electron chi connectivity index (χ2n) is 5.85. The van der Waals surface area contributed by atoms with Gasteiger partial charge >= 0.3 is 6.03 Å². The van der Waals surface area contributed by atoms with Crippen molar-refractivity contribution in [3.8, 4) is 0 Å². The van der Waals surface area contributed by atoms with Crippen LogP contribution in [0.2, 0.25) is 0 Å². The molecule has 3 rings (SSSR count). The molecule has 0 spiro atoms. The SMILES string of the molecule is Cc1cccc(N2CC[C@@H](NC(=O)Nc3ccccc3Br)C2)c1. The fraction of sp³-hybridized carbons (Fsp3) is 0.278. The Morgan fingerprint density at radius 1 is 1.22 bits per heavy atom. The van der Waals surface area contributed by atoms with Gasteiger partial charge in [0, 0.05) is 29.3 Å². The number of urea groups is 1. The maximum Gasteiger partial charge on any atom is 0.319 e. The summed E-state index contributed by atoms with van der Waals surface area (Å²) in [6, 6.07) is 16.1. The molecule has 2 aromatic rings. The molecule has 0 bridgehead atoms. The number of hydrogen-bond donors (Lipinski definition) is 2. The van der Waals surface area contributed by atoms with Crippen LogP contribution in [0.5, 0.6) is 0 Å². The Morgan fingerprint density at radius 2 is 2.04 bits per heavy atom. The van der Waals surface area contributed by atoms with Crippen LogP contribution in [0.3, 0.4) is 0 Å². The van der Waals surface area contributed by atoms with E-state index in [9.17, 15) is 4.79 Å². The quantitative estimate of drug-likeness (QED) is 0.848. The largest absolute Gasteiger partial charge is 0.369 e. The van der Waals surface area contributed by atoms with Crippen molar-refractivity contribution in [1.82, 2.24) is 5.32 Å². The number of amides is 2. The molecule has 1 saturated heterocycles. The molecule has 120 valence electrons. The van der Waals surface area contributed by atoms with E-state index in [0.717, 1.165) is 29.7 Å². The van der Waals surface area contributed by atoms with E-state index in [1.165, 1.54) is 11.3 Å². The molecular formula is C18H20BrN3O. The highest BCUT2D eigenvalue weighted by Gasteiger charge is 2.24. The van der Waals surface area contributed by atoms with Crippen molar-refractivity contribution >= 4 is 33.3 Å². The van der Waals surface area contributed by atoms with Crippen LogP contribution in [0, 0.1) is 6.92 Å². The number of nitrogens with one attached hydrogen (secondary N) is 2. The molecule has 2 N–H and O–H groups in total. The molecule has 1 aliphatic rings. The molecule has 1 fully saturated rings. The van der Waals surface area contributed by atoms with E-state index < -0.39 is 0 Å². The van der Waals surface area contributed by atoms with Crippen LogP contribution in [-0.2, 0) is 0 Å². The number of hydrogen-bond acceptors (Lipinski definition) is 2. The highest BCUT2D eigenvalue weighted by molar-refractivity contribution is 9.10. The summed E-state index contributed by atoms with van der Waals surface area (Å²) >= 11 is 3.43. The fourth-order valence-electron chi connectivity index (χ4n) is 2.84. The van der Waals surface area contributed by atoms with Crippen LogP contribution in [0.15, 0.2) is 53.0 Å². The molecule has 23 heavy (non-hydrogen) atoms. The van der Waals surface area contributed by atoms with Gasteiger partial charge in [0.25, 0.3) is 0 Å². The van der Waals surface area contributed by atoms with Crippen molar-refractivity contribution in [3.05, 3.63) is 58.6 Å². The maximum absolute atomic E-state index is 12.2. The zero-order valence-electron chi connectivity index (χ0n) is 13.1. The summed E-state index contributed by atoms with van der Waals surface area (Å²) in [5.41, 5.74) is 3.25. The van der Waals surface area contributed by atoms with Gasteiger partial charge in [0.1, 0.15) is 0 Å².